The molecule has 0 fully saturated rings. The molecule has 0 atom stereocenters. The molecule has 0 amide bonds. The zero-order valence-corrected chi connectivity index (χ0v) is 9.25. The number of hydrogen-bond donors (Lipinski definition) is 1. The summed E-state index contributed by atoms with van der Waals surface area (Å²) in [6.07, 6.45) is 9.48. The number of rotatable bonds is 4. The van der Waals surface area contributed by atoms with E-state index in [0.29, 0.717) is 5.88 Å². The average molecular weight is 193 g/mol. The lowest BCUT2D eigenvalue weighted by atomic mass is 10.0. The van der Waals surface area contributed by atoms with E-state index >= 15 is 0 Å². The lowest BCUT2D eigenvalue weighted by Crippen LogP contribution is -2.12. The Hall–Kier alpha value is -1.18. The summed E-state index contributed by atoms with van der Waals surface area (Å²) in [6.45, 7) is 2.18. The molecule has 0 bridgehead atoms. The van der Waals surface area contributed by atoms with E-state index < -0.39 is 0 Å². The molecule has 0 aromatic carbocycles. The van der Waals surface area contributed by atoms with Crippen LogP contribution < -0.4 is 0 Å². The van der Waals surface area contributed by atoms with Gasteiger partial charge in [0.2, 0.25) is 0 Å². The molecule has 0 saturated carbocycles. The topological polar surface area (TPSA) is 23.5 Å². The highest BCUT2D eigenvalue weighted by atomic mass is 16.3. The van der Waals surface area contributed by atoms with E-state index in [1.165, 1.54) is 18.4 Å². The maximum Gasteiger partial charge on any atom is 0.194 e. The van der Waals surface area contributed by atoms with Crippen molar-refractivity contribution in [3.05, 3.63) is 35.3 Å². The van der Waals surface area contributed by atoms with Gasteiger partial charge in [-0.2, -0.15) is 0 Å². The van der Waals surface area contributed by atoms with Gasteiger partial charge in [-0.05, 0) is 24.5 Å². The van der Waals surface area contributed by atoms with Gasteiger partial charge in [-0.3, -0.25) is 0 Å². The quantitative estimate of drug-likeness (QED) is 0.694. The minimum Gasteiger partial charge on any atom is -0.494 e. The van der Waals surface area contributed by atoms with E-state index in [9.17, 15) is 5.11 Å². The SMILES string of the molecule is CCCCC1=CC=C/C1=C(/O)N(C)C. The first-order chi connectivity index (χ1) is 6.66. The third kappa shape index (κ3) is 2.41. The Morgan fingerprint density at radius 3 is 2.71 bits per heavy atom. The molecule has 2 nitrogen and oxygen atoms in total. The molecule has 0 radical (unpaired) electrons. The van der Waals surface area contributed by atoms with Crippen LogP contribution in [0.15, 0.2) is 35.3 Å². The van der Waals surface area contributed by atoms with Crippen molar-refractivity contribution in [2.45, 2.75) is 26.2 Å². The standard InChI is InChI=1S/C12H19NO/c1-4-5-7-10-8-6-9-11(10)12(14)13(2)3/h6,8-9,14H,4-5,7H2,1-3H3/b12-11-. The second kappa shape index (κ2) is 4.89. The molecule has 0 unspecified atom stereocenters. The molecule has 1 N–H and O–H groups in total. The fourth-order valence-electron chi connectivity index (χ4n) is 1.50. The second-order valence-corrected chi connectivity index (χ2v) is 3.79. The van der Waals surface area contributed by atoms with Gasteiger partial charge in [0.1, 0.15) is 0 Å². The third-order valence-electron chi connectivity index (χ3n) is 2.37. The van der Waals surface area contributed by atoms with Crippen molar-refractivity contribution in [1.29, 1.82) is 0 Å². The number of allylic oxidation sites excluding steroid dienone is 5. The van der Waals surface area contributed by atoms with E-state index in [0.717, 1.165) is 12.0 Å². The summed E-state index contributed by atoms with van der Waals surface area (Å²) in [6, 6.07) is 0. The average Bonchev–Trinajstić information content (AvgIpc) is 2.61. The molecule has 0 spiro atoms. The molecular weight excluding hydrogens is 174 g/mol. The molecule has 0 aromatic heterocycles. The van der Waals surface area contributed by atoms with Crippen molar-refractivity contribution in [2.24, 2.45) is 0 Å². The molecule has 1 rings (SSSR count). The maximum atomic E-state index is 9.81. The second-order valence-electron chi connectivity index (χ2n) is 3.79. The monoisotopic (exact) mass is 193 g/mol. The van der Waals surface area contributed by atoms with Crippen LogP contribution in [0.4, 0.5) is 0 Å². The van der Waals surface area contributed by atoms with Crippen LogP contribution in [0.1, 0.15) is 26.2 Å². The molecule has 0 heterocycles. The van der Waals surface area contributed by atoms with Crippen molar-refractivity contribution in [3.8, 4) is 0 Å². The highest BCUT2D eigenvalue weighted by Gasteiger charge is 2.12. The summed E-state index contributed by atoms with van der Waals surface area (Å²) in [5.74, 6) is 0.362. The predicted molar refractivity (Wildman–Crippen MR) is 60.1 cm³/mol. The minimum atomic E-state index is 0.362. The van der Waals surface area contributed by atoms with Crippen LogP contribution in [0.25, 0.3) is 0 Å². The van der Waals surface area contributed by atoms with Crippen molar-refractivity contribution < 1.29 is 5.11 Å². The van der Waals surface area contributed by atoms with E-state index in [4.69, 9.17) is 0 Å². The van der Waals surface area contributed by atoms with E-state index in [2.05, 4.69) is 13.0 Å². The molecule has 1 aliphatic rings. The first-order valence-electron chi connectivity index (χ1n) is 5.15. The Labute approximate surface area is 86.2 Å². The van der Waals surface area contributed by atoms with Gasteiger partial charge >= 0.3 is 0 Å². The largest absolute Gasteiger partial charge is 0.494 e. The summed E-state index contributed by atoms with van der Waals surface area (Å²) in [4.78, 5) is 1.74. The number of unbranched alkanes of at least 4 members (excludes halogenated alkanes) is 1. The first-order valence-corrected chi connectivity index (χ1v) is 5.15. The van der Waals surface area contributed by atoms with Gasteiger partial charge in [0.05, 0.1) is 0 Å². The smallest absolute Gasteiger partial charge is 0.194 e. The molecular formula is C12H19NO. The minimum absolute atomic E-state index is 0.362. The Morgan fingerprint density at radius 2 is 2.14 bits per heavy atom. The lowest BCUT2D eigenvalue weighted by Gasteiger charge is -2.15. The van der Waals surface area contributed by atoms with Crippen LogP contribution in [0.5, 0.6) is 0 Å². The highest BCUT2D eigenvalue weighted by molar-refractivity contribution is 5.49. The fraction of sp³-hybridized carbons (Fsp3) is 0.500. The normalized spacial score (nSPS) is 18.4. The Bertz CT molecular complexity index is 285. The van der Waals surface area contributed by atoms with Gasteiger partial charge < -0.3 is 10.0 Å². The van der Waals surface area contributed by atoms with Gasteiger partial charge in [0.15, 0.2) is 5.88 Å². The van der Waals surface area contributed by atoms with Crippen LogP contribution in [0, 0.1) is 0 Å². The summed E-state index contributed by atoms with van der Waals surface area (Å²) >= 11 is 0. The van der Waals surface area contributed by atoms with Crippen molar-refractivity contribution in [1.82, 2.24) is 4.90 Å². The fourth-order valence-corrected chi connectivity index (χ4v) is 1.50. The summed E-state index contributed by atoms with van der Waals surface area (Å²) in [5.41, 5.74) is 2.22. The summed E-state index contributed by atoms with van der Waals surface area (Å²) < 4.78 is 0. The van der Waals surface area contributed by atoms with Crippen molar-refractivity contribution in [2.75, 3.05) is 14.1 Å². The molecule has 14 heavy (non-hydrogen) atoms. The van der Waals surface area contributed by atoms with Gasteiger partial charge in [-0.15, -0.1) is 0 Å². The Kier molecular flexibility index (Phi) is 3.81. The van der Waals surface area contributed by atoms with E-state index in [1.54, 1.807) is 4.90 Å². The van der Waals surface area contributed by atoms with Crippen LogP contribution >= 0.6 is 0 Å². The van der Waals surface area contributed by atoms with Gasteiger partial charge in [-0.25, -0.2) is 0 Å². The van der Waals surface area contributed by atoms with Gasteiger partial charge in [0, 0.05) is 19.7 Å². The summed E-state index contributed by atoms with van der Waals surface area (Å²) in [5, 5.41) is 9.81. The van der Waals surface area contributed by atoms with E-state index in [-0.39, 0.29) is 0 Å². The Morgan fingerprint density at radius 1 is 1.43 bits per heavy atom. The first kappa shape index (κ1) is 10.9. The van der Waals surface area contributed by atoms with Crippen LogP contribution in [0.3, 0.4) is 0 Å². The van der Waals surface area contributed by atoms with Crippen molar-refractivity contribution in [3.63, 3.8) is 0 Å². The Balaban J connectivity index is 2.75. The van der Waals surface area contributed by atoms with Crippen molar-refractivity contribution >= 4 is 0 Å². The molecule has 2 heteroatoms. The lowest BCUT2D eigenvalue weighted by molar-refractivity contribution is 0.260. The number of hydrogen-bond acceptors (Lipinski definition) is 2. The van der Waals surface area contributed by atoms with Gasteiger partial charge in [0.25, 0.3) is 0 Å². The number of aliphatic hydroxyl groups is 1. The molecule has 0 aromatic rings. The molecule has 1 aliphatic carbocycles. The maximum absolute atomic E-state index is 9.81. The van der Waals surface area contributed by atoms with Crippen LogP contribution in [0.2, 0.25) is 0 Å². The third-order valence-corrected chi connectivity index (χ3v) is 2.37. The number of nitrogens with zero attached hydrogens (tertiary/aromatic N) is 1. The predicted octanol–water partition coefficient (Wildman–Crippen LogP) is 3.00. The molecule has 0 saturated heterocycles. The van der Waals surface area contributed by atoms with Gasteiger partial charge in [-0.1, -0.05) is 25.5 Å². The van der Waals surface area contributed by atoms with E-state index in [1.807, 2.05) is 26.2 Å². The summed E-state index contributed by atoms with van der Waals surface area (Å²) in [7, 11) is 3.71. The number of aliphatic hydroxyl groups excluding tert-OH is 1. The van der Waals surface area contributed by atoms with Crippen LogP contribution in [-0.4, -0.2) is 24.1 Å². The zero-order valence-electron chi connectivity index (χ0n) is 9.25. The highest BCUT2D eigenvalue weighted by Crippen LogP contribution is 2.26. The van der Waals surface area contributed by atoms with Crippen LogP contribution in [-0.2, 0) is 0 Å². The molecule has 78 valence electrons. The molecule has 0 aliphatic heterocycles. The zero-order chi connectivity index (χ0) is 10.6.